The number of aryl methyl sites for hydroxylation is 1. The largest absolute Gasteiger partial charge is 0.343 e. The van der Waals surface area contributed by atoms with Crippen molar-refractivity contribution in [1.29, 1.82) is 0 Å². The number of benzene rings is 1. The maximum absolute atomic E-state index is 4.52. The van der Waals surface area contributed by atoms with E-state index in [9.17, 15) is 0 Å². The van der Waals surface area contributed by atoms with Crippen LogP contribution in [0.2, 0.25) is 0 Å². The lowest BCUT2D eigenvalue weighted by Crippen LogP contribution is -2.24. The molecule has 0 aliphatic carbocycles. The van der Waals surface area contributed by atoms with Crippen molar-refractivity contribution in [3.63, 3.8) is 0 Å². The molecule has 1 aliphatic rings. The van der Waals surface area contributed by atoms with Crippen LogP contribution in [-0.4, -0.2) is 39.3 Å². The number of anilines is 1. The van der Waals surface area contributed by atoms with E-state index in [2.05, 4.69) is 51.1 Å². The molecule has 1 N–H and O–H groups in total. The second-order valence-corrected chi connectivity index (χ2v) is 6.75. The highest BCUT2D eigenvalue weighted by molar-refractivity contribution is 5.88. The average molecular weight is 333 g/mol. The van der Waals surface area contributed by atoms with Crippen LogP contribution in [0.15, 0.2) is 55.1 Å². The normalized spacial score (nSPS) is 14.9. The Hall–Kier alpha value is -2.66. The van der Waals surface area contributed by atoms with Gasteiger partial charge in [0, 0.05) is 42.6 Å². The summed E-state index contributed by atoms with van der Waals surface area (Å²) in [4.78, 5) is 6.95. The molecule has 128 valence electrons. The van der Waals surface area contributed by atoms with E-state index in [4.69, 9.17) is 0 Å². The Morgan fingerprint density at radius 1 is 1.12 bits per heavy atom. The molecule has 4 rings (SSSR count). The van der Waals surface area contributed by atoms with E-state index in [-0.39, 0.29) is 0 Å². The lowest BCUT2D eigenvalue weighted by atomic mass is 10.1. The third kappa shape index (κ3) is 3.56. The topological polar surface area (TPSA) is 46.0 Å². The van der Waals surface area contributed by atoms with Gasteiger partial charge in [0.15, 0.2) is 0 Å². The first kappa shape index (κ1) is 15.8. The van der Waals surface area contributed by atoms with Crippen LogP contribution in [0.3, 0.4) is 0 Å². The summed E-state index contributed by atoms with van der Waals surface area (Å²) in [7, 11) is 1.93. The first-order valence-corrected chi connectivity index (χ1v) is 8.73. The highest BCUT2D eigenvalue weighted by Crippen LogP contribution is 2.25. The number of nitrogens with zero attached hydrogens (tertiary/aromatic N) is 4. The van der Waals surface area contributed by atoms with Gasteiger partial charge in [-0.2, -0.15) is 5.10 Å². The van der Waals surface area contributed by atoms with Crippen LogP contribution >= 0.6 is 0 Å². The summed E-state index contributed by atoms with van der Waals surface area (Å²) in [5.74, 6) is 0.847. The molecular weight excluding hydrogens is 310 g/mol. The van der Waals surface area contributed by atoms with Gasteiger partial charge in [-0.15, -0.1) is 0 Å². The molecule has 0 radical (unpaired) electrons. The molecule has 5 nitrogen and oxygen atoms in total. The third-order valence-electron chi connectivity index (χ3n) is 4.68. The molecule has 0 unspecified atom stereocenters. The van der Waals surface area contributed by atoms with E-state index in [0.29, 0.717) is 0 Å². The first-order chi connectivity index (χ1) is 12.2. The predicted octanol–water partition coefficient (Wildman–Crippen LogP) is 3.66. The smallest absolute Gasteiger partial charge is 0.130 e. The monoisotopic (exact) mass is 333 g/mol. The molecule has 2 aromatic heterocycles. The van der Waals surface area contributed by atoms with E-state index in [1.165, 1.54) is 25.9 Å². The number of rotatable bonds is 5. The Balaban J connectivity index is 1.54. The zero-order valence-electron chi connectivity index (χ0n) is 14.6. The SMILES string of the molecule is C=C(CN1CCCC1)Nc1cc2cc(-c3cnn(C)c3)ccc2cn1. The minimum absolute atomic E-state index is 0.847. The molecule has 0 atom stereocenters. The van der Waals surface area contributed by atoms with Crippen molar-refractivity contribution in [2.45, 2.75) is 12.8 Å². The van der Waals surface area contributed by atoms with E-state index >= 15 is 0 Å². The lowest BCUT2D eigenvalue weighted by Gasteiger charge is -2.17. The minimum atomic E-state index is 0.847. The van der Waals surface area contributed by atoms with Crippen LogP contribution in [0.1, 0.15) is 12.8 Å². The maximum Gasteiger partial charge on any atom is 0.130 e. The zero-order chi connectivity index (χ0) is 17.2. The van der Waals surface area contributed by atoms with Gasteiger partial charge >= 0.3 is 0 Å². The van der Waals surface area contributed by atoms with Gasteiger partial charge in [-0.25, -0.2) is 4.98 Å². The van der Waals surface area contributed by atoms with Crippen molar-refractivity contribution >= 4 is 16.6 Å². The molecular formula is C20H23N5. The van der Waals surface area contributed by atoms with Crippen molar-refractivity contribution in [3.05, 3.63) is 55.1 Å². The molecule has 0 bridgehead atoms. The van der Waals surface area contributed by atoms with Gasteiger partial charge < -0.3 is 5.32 Å². The van der Waals surface area contributed by atoms with Gasteiger partial charge in [-0.1, -0.05) is 18.7 Å². The van der Waals surface area contributed by atoms with Gasteiger partial charge in [0.2, 0.25) is 0 Å². The summed E-state index contributed by atoms with van der Waals surface area (Å²) in [6.07, 6.45) is 8.41. The van der Waals surface area contributed by atoms with Crippen LogP contribution < -0.4 is 5.32 Å². The Labute approximate surface area is 148 Å². The average Bonchev–Trinajstić information content (AvgIpc) is 3.26. The Bertz CT molecular complexity index is 905. The summed E-state index contributed by atoms with van der Waals surface area (Å²) < 4.78 is 1.82. The van der Waals surface area contributed by atoms with Crippen LogP contribution in [0, 0.1) is 0 Å². The molecule has 1 aromatic carbocycles. The lowest BCUT2D eigenvalue weighted by molar-refractivity contribution is 0.370. The molecule has 5 heteroatoms. The fourth-order valence-electron chi connectivity index (χ4n) is 3.39. The number of nitrogens with one attached hydrogen (secondary N) is 1. The standard InChI is InChI=1S/C20H23N5/c1-15(13-25-7-3-4-8-25)23-20-10-18-9-16(5-6-17(18)11-21-20)19-12-22-24(2)14-19/h5-6,9-12,14H,1,3-4,7-8,13H2,2H3,(H,21,23). The molecule has 3 heterocycles. The van der Waals surface area contributed by atoms with Crippen LogP contribution in [0.5, 0.6) is 0 Å². The van der Waals surface area contributed by atoms with Crippen molar-refractivity contribution in [3.8, 4) is 11.1 Å². The molecule has 0 spiro atoms. The number of likely N-dealkylation sites (tertiary alicyclic amines) is 1. The fraction of sp³-hybridized carbons (Fsp3) is 0.300. The number of fused-ring (bicyclic) bond motifs is 1. The molecule has 0 saturated carbocycles. The molecule has 3 aromatic rings. The van der Waals surface area contributed by atoms with Crippen LogP contribution in [0.25, 0.3) is 21.9 Å². The summed E-state index contributed by atoms with van der Waals surface area (Å²) in [5.41, 5.74) is 3.28. The first-order valence-electron chi connectivity index (χ1n) is 8.73. The van der Waals surface area contributed by atoms with Gasteiger partial charge in [-0.05, 0) is 49.0 Å². The predicted molar refractivity (Wildman–Crippen MR) is 102 cm³/mol. The Morgan fingerprint density at radius 2 is 1.96 bits per heavy atom. The summed E-state index contributed by atoms with van der Waals surface area (Å²) >= 11 is 0. The van der Waals surface area contributed by atoms with E-state index in [1.54, 1.807) is 0 Å². The number of aromatic nitrogens is 3. The second-order valence-electron chi connectivity index (χ2n) is 6.75. The van der Waals surface area contributed by atoms with Gasteiger partial charge in [0.25, 0.3) is 0 Å². The number of hydrogen-bond donors (Lipinski definition) is 1. The molecule has 1 fully saturated rings. The Morgan fingerprint density at radius 3 is 2.72 bits per heavy atom. The van der Waals surface area contributed by atoms with Crippen molar-refractivity contribution in [1.82, 2.24) is 19.7 Å². The van der Waals surface area contributed by atoms with E-state index < -0.39 is 0 Å². The van der Waals surface area contributed by atoms with Crippen molar-refractivity contribution in [2.75, 3.05) is 25.0 Å². The highest BCUT2D eigenvalue weighted by atomic mass is 15.2. The minimum Gasteiger partial charge on any atom is -0.343 e. The maximum atomic E-state index is 4.52. The fourth-order valence-corrected chi connectivity index (χ4v) is 3.39. The zero-order valence-corrected chi connectivity index (χ0v) is 14.6. The van der Waals surface area contributed by atoms with Crippen LogP contribution in [0.4, 0.5) is 5.82 Å². The highest BCUT2D eigenvalue weighted by Gasteiger charge is 2.12. The summed E-state index contributed by atoms with van der Waals surface area (Å²) in [5, 5.41) is 9.90. The summed E-state index contributed by atoms with van der Waals surface area (Å²) in [6, 6.07) is 8.49. The van der Waals surface area contributed by atoms with Gasteiger partial charge in [-0.3, -0.25) is 9.58 Å². The number of hydrogen-bond acceptors (Lipinski definition) is 4. The Kier molecular flexibility index (Phi) is 4.24. The quantitative estimate of drug-likeness (QED) is 0.774. The molecule has 25 heavy (non-hydrogen) atoms. The molecule has 0 amide bonds. The third-order valence-corrected chi connectivity index (χ3v) is 4.68. The summed E-state index contributed by atoms with van der Waals surface area (Å²) in [6.45, 7) is 7.38. The number of pyridine rings is 1. The van der Waals surface area contributed by atoms with Gasteiger partial charge in [0.05, 0.1) is 6.20 Å². The van der Waals surface area contributed by atoms with Gasteiger partial charge in [0.1, 0.15) is 5.82 Å². The van der Waals surface area contributed by atoms with Crippen molar-refractivity contribution < 1.29 is 0 Å². The van der Waals surface area contributed by atoms with Crippen molar-refractivity contribution in [2.24, 2.45) is 7.05 Å². The molecule has 1 aliphatic heterocycles. The van der Waals surface area contributed by atoms with E-state index in [1.807, 2.05) is 30.3 Å². The second kappa shape index (κ2) is 6.69. The van der Waals surface area contributed by atoms with E-state index in [0.717, 1.165) is 40.0 Å². The molecule has 1 saturated heterocycles. The van der Waals surface area contributed by atoms with Crippen LogP contribution in [-0.2, 0) is 7.05 Å².